The van der Waals surface area contributed by atoms with E-state index < -0.39 is 0 Å². The summed E-state index contributed by atoms with van der Waals surface area (Å²) < 4.78 is 5.26. The van der Waals surface area contributed by atoms with Crippen molar-refractivity contribution in [3.63, 3.8) is 0 Å². The number of carbonyl (C=O) groups excluding carboxylic acids is 1. The molecule has 1 fully saturated rings. The van der Waals surface area contributed by atoms with Gasteiger partial charge in [0.1, 0.15) is 6.61 Å². The summed E-state index contributed by atoms with van der Waals surface area (Å²) in [7, 11) is 0. The minimum Gasteiger partial charge on any atom is -0.384 e. The number of benzene rings is 1. The summed E-state index contributed by atoms with van der Waals surface area (Å²) in [5, 5.41) is 11.7. The van der Waals surface area contributed by atoms with Crippen LogP contribution in [-0.2, 0) is 4.74 Å². The van der Waals surface area contributed by atoms with Crippen molar-refractivity contribution >= 4 is 5.91 Å². The molecule has 0 bridgehead atoms. The van der Waals surface area contributed by atoms with Gasteiger partial charge >= 0.3 is 0 Å². The van der Waals surface area contributed by atoms with Crippen molar-refractivity contribution in [1.29, 1.82) is 0 Å². The molecule has 0 aliphatic carbocycles. The van der Waals surface area contributed by atoms with E-state index in [-0.39, 0.29) is 18.6 Å². The molecule has 4 heteroatoms. The molecule has 1 aromatic carbocycles. The Hall–Kier alpha value is -1.83. The second-order valence-electron chi connectivity index (χ2n) is 4.37. The molecule has 1 saturated heterocycles. The van der Waals surface area contributed by atoms with Crippen molar-refractivity contribution in [1.82, 2.24) is 5.32 Å². The van der Waals surface area contributed by atoms with E-state index in [1.54, 1.807) is 12.1 Å². The molecule has 100 valence electrons. The SMILES string of the molecule is O=C(NC1CCOCC1)c1ccccc1C#CCO. The van der Waals surface area contributed by atoms with Crippen LogP contribution in [-0.4, -0.2) is 36.9 Å². The fourth-order valence-electron chi connectivity index (χ4n) is 2.03. The molecule has 0 saturated carbocycles. The van der Waals surface area contributed by atoms with E-state index in [4.69, 9.17) is 9.84 Å². The lowest BCUT2D eigenvalue weighted by atomic mass is 10.0. The zero-order valence-corrected chi connectivity index (χ0v) is 10.7. The molecular formula is C15H17NO3. The van der Waals surface area contributed by atoms with Gasteiger partial charge in [-0.1, -0.05) is 24.0 Å². The van der Waals surface area contributed by atoms with Crippen LogP contribution in [0.2, 0.25) is 0 Å². The van der Waals surface area contributed by atoms with Gasteiger partial charge < -0.3 is 15.2 Å². The Balaban J connectivity index is 2.09. The Kier molecular flexibility index (Phi) is 4.96. The lowest BCUT2D eigenvalue weighted by Gasteiger charge is -2.23. The molecule has 0 atom stereocenters. The number of hydrogen-bond donors (Lipinski definition) is 2. The highest BCUT2D eigenvalue weighted by molar-refractivity contribution is 5.96. The molecule has 2 rings (SSSR count). The zero-order chi connectivity index (χ0) is 13.5. The van der Waals surface area contributed by atoms with Gasteiger partial charge in [-0.3, -0.25) is 4.79 Å². The molecule has 0 unspecified atom stereocenters. The quantitative estimate of drug-likeness (QED) is 0.777. The van der Waals surface area contributed by atoms with E-state index in [1.807, 2.05) is 12.1 Å². The standard InChI is InChI=1S/C15H17NO3/c17-9-3-5-12-4-1-2-6-14(12)15(18)16-13-7-10-19-11-8-13/h1-2,4,6,13,17H,7-11H2,(H,16,18). The van der Waals surface area contributed by atoms with Crippen LogP contribution in [0.4, 0.5) is 0 Å². The van der Waals surface area contributed by atoms with Gasteiger partial charge in [-0.2, -0.15) is 0 Å². The predicted molar refractivity (Wildman–Crippen MR) is 71.7 cm³/mol. The Bertz CT molecular complexity index is 496. The van der Waals surface area contributed by atoms with Crippen LogP contribution >= 0.6 is 0 Å². The van der Waals surface area contributed by atoms with Gasteiger partial charge in [-0.15, -0.1) is 0 Å². The molecule has 0 radical (unpaired) electrons. The van der Waals surface area contributed by atoms with Crippen LogP contribution in [0, 0.1) is 11.8 Å². The number of ether oxygens (including phenoxy) is 1. The molecule has 4 nitrogen and oxygen atoms in total. The van der Waals surface area contributed by atoms with Crippen molar-refractivity contribution in [2.45, 2.75) is 18.9 Å². The minimum atomic E-state index is -0.212. The average Bonchev–Trinajstić information content (AvgIpc) is 2.46. The van der Waals surface area contributed by atoms with Gasteiger partial charge in [0.25, 0.3) is 5.91 Å². The van der Waals surface area contributed by atoms with Crippen molar-refractivity contribution in [3.8, 4) is 11.8 Å². The van der Waals surface area contributed by atoms with Crippen LogP contribution in [0.5, 0.6) is 0 Å². The van der Waals surface area contributed by atoms with Crippen molar-refractivity contribution in [2.24, 2.45) is 0 Å². The highest BCUT2D eigenvalue weighted by atomic mass is 16.5. The highest BCUT2D eigenvalue weighted by Gasteiger charge is 2.18. The van der Waals surface area contributed by atoms with E-state index in [9.17, 15) is 4.79 Å². The summed E-state index contributed by atoms with van der Waals surface area (Å²) in [5.74, 6) is 5.25. The molecule has 2 N–H and O–H groups in total. The van der Waals surface area contributed by atoms with Crippen LogP contribution in [0.15, 0.2) is 24.3 Å². The summed E-state index contributed by atoms with van der Waals surface area (Å²) in [6.45, 7) is 1.17. The van der Waals surface area contributed by atoms with Gasteiger partial charge in [0.2, 0.25) is 0 Å². The number of aliphatic hydroxyl groups excluding tert-OH is 1. The summed E-state index contributed by atoms with van der Waals surface area (Å²) in [6, 6.07) is 7.33. The summed E-state index contributed by atoms with van der Waals surface area (Å²) in [5.41, 5.74) is 1.19. The topological polar surface area (TPSA) is 58.6 Å². The van der Waals surface area contributed by atoms with Gasteiger partial charge in [0.15, 0.2) is 0 Å². The Labute approximate surface area is 112 Å². The van der Waals surface area contributed by atoms with Crippen LogP contribution in [0.25, 0.3) is 0 Å². The Morgan fingerprint density at radius 2 is 2.11 bits per heavy atom. The number of aliphatic hydroxyl groups is 1. The van der Waals surface area contributed by atoms with Gasteiger partial charge in [0.05, 0.1) is 5.56 Å². The fraction of sp³-hybridized carbons (Fsp3) is 0.400. The molecule has 0 spiro atoms. The van der Waals surface area contributed by atoms with Crippen molar-refractivity contribution in [3.05, 3.63) is 35.4 Å². The van der Waals surface area contributed by atoms with Crippen LogP contribution in [0.3, 0.4) is 0 Å². The van der Waals surface area contributed by atoms with E-state index in [0.29, 0.717) is 24.3 Å². The molecule has 1 heterocycles. The number of hydrogen-bond acceptors (Lipinski definition) is 3. The second kappa shape index (κ2) is 6.93. The first kappa shape index (κ1) is 13.6. The number of amides is 1. The molecule has 1 aliphatic rings. The fourth-order valence-corrected chi connectivity index (χ4v) is 2.03. The van der Waals surface area contributed by atoms with Gasteiger partial charge in [0, 0.05) is 24.8 Å². The third kappa shape index (κ3) is 3.82. The maximum atomic E-state index is 12.2. The third-order valence-electron chi connectivity index (χ3n) is 3.03. The smallest absolute Gasteiger partial charge is 0.252 e. The highest BCUT2D eigenvalue weighted by Crippen LogP contribution is 2.11. The monoisotopic (exact) mass is 259 g/mol. The Morgan fingerprint density at radius 1 is 1.37 bits per heavy atom. The normalized spacial score (nSPS) is 15.4. The van der Waals surface area contributed by atoms with Crippen molar-refractivity contribution in [2.75, 3.05) is 19.8 Å². The average molecular weight is 259 g/mol. The summed E-state index contributed by atoms with van der Waals surface area (Å²) in [4.78, 5) is 12.2. The van der Waals surface area contributed by atoms with Crippen molar-refractivity contribution < 1.29 is 14.6 Å². The molecule has 1 aliphatic heterocycles. The van der Waals surface area contributed by atoms with Crippen LogP contribution < -0.4 is 5.32 Å². The van der Waals surface area contributed by atoms with Crippen LogP contribution in [0.1, 0.15) is 28.8 Å². The minimum absolute atomic E-state index is 0.116. The van der Waals surface area contributed by atoms with Gasteiger partial charge in [-0.25, -0.2) is 0 Å². The third-order valence-corrected chi connectivity index (χ3v) is 3.03. The molecule has 0 aromatic heterocycles. The number of rotatable bonds is 2. The number of carbonyl (C=O) groups is 1. The lowest BCUT2D eigenvalue weighted by molar-refractivity contribution is 0.0696. The summed E-state index contributed by atoms with van der Waals surface area (Å²) in [6.07, 6.45) is 1.69. The maximum Gasteiger partial charge on any atom is 0.252 e. The first-order valence-corrected chi connectivity index (χ1v) is 6.38. The molecule has 1 aromatic rings. The van der Waals surface area contributed by atoms with E-state index >= 15 is 0 Å². The Morgan fingerprint density at radius 3 is 2.84 bits per heavy atom. The summed E-state index contributed by atoms with van der Waals surface area (Å²) >= 11 is 0. The molecule has 19 heavy (non-hydrogen) atoms. The molecular weight excluding hydrogens is 242 g/mol. The first-order chi connectivity index (χ1) is 9.31. The van der Waals surface area contributed by atoms with Gasteiger partial charge in [-0.05, 0) is 25.0 Å². The predicted octanol–water partition coefficient (Wildman–Crippen LogP) is 0.939. The maximum absolute atomic E-state index is 12.2. The lowest BCUT2D eigenvalue weighted by Crippen LogP contribution is -2.39. The van der Waals surface area contributed by atoms with E-state index in [2.05, 4.69) is 17.2 Å². The van der Waals surface area contributed by atoms with E-state index in [0.717, 1.165) is 12.8 Å². The van der Waals surface area contributed by atoms with E-state index in [1.165, 1.54) is 0 Å². The first-order valence-electron chi connectivity index (χ1n) is 6.38. The number of nitrogens with one attached hydrogen (secondary N) is 1. The second-order valence-corrected chi connectivity index (χ2v) is 4.37. The zero-order valence-electron chi connectivity index (χ0n) is 10.7. The molecule has 1 amide bonds. The largest absolute Gasteiger partial charge is 0.384 e.